The van der Waals surface area contributed by atoms with E-state index in [1.165, 1.54) is 47.7 Å². The fourth-order valence-corrected chi connectivity index (χ4v) is 4.85. The van der Waals surface area contributed by atoms with Crippen molar-refractivity contribution in [2.75, 3.05) is 18.5 Å². The predicted molar refractivity (Wildman–Crippen MR) is 196 cm³/mol. The Morgan fingerprint density at radius 2 is 0.938 bits per heavy atom. The van der Waals surface area contributed by atoms with Gasteiger partial charge in [0, 0.05) is 16.5 Å². The van der Waals surface area contributed by atoms with E-state index in [4.69, 9.17) is 19.7 Å². The standard InChI is InChI=1S/C25H26O3.C9H11Br.C7H6O3/c26-20-23-15-16-24(27-17-7-13-21-9-3-1-4-10-21)25(19-23)28-18-8-14-22-11-5-2-6-12-22;10-8-4-7-9-5-2-1-3-6-9;8-4-5-1-2-6(9)7(10)3-5/h1-6,9-12,15-16,19-20H,7-8,13-14,17-18H2;1-3,5-6H,4,7-8H2;1-4,9-10H. The Morgan fingerprint density at radius 3 is 1.40 bits per heavy atom. The number of phenolic OH excluding ortho intramolecular Hbond substituents is 2. The first-order valence-electron chi connectivity index (χ1n) is 16.0. The van der Waals surface area contributed by atoms with Crippen LogP contribution in [0.1, 0.15) is 56.7 Å². The molecule has 0 saturated carbocycles. The number of carbonyl (C=O) groups excluding carboxylic acids is 2. The Morgan fingerprint density at radius 1 is 0.500 bits per heavy atom. The summed E-state index contributed by atoms with van der Waals surface area (Å²) in [6, 6.07) is 40.5. The maximum Gasteiger partial charge on any atom is 0.161 e. The van der Waals surface area contributed by atoms with E-state index in [2.05, 4.69) is 82.7 Å². The first-order valence-corrected chi connectivity index (χ1v) is 17.1. The average Bonchev–Trinajstić information content (AvgIpc) is 3.14. The highest BCUT2D eigenvalue weighted by atomic mass is 79.9. The second-order valence-electron chi connectivity index (χ2n) is 10.8. The number of aryl methyl sites for hydroxylation is 3. The lowest BCUT2D eigenvalue weighted by atomic mass is 10.1. The van der Waals surface area contributed by atoms with Gasteiger partial charge in [0.1, 0.15) is 12.6 Å². The molecule has 0 spiro atoms. The number of ether oxygens (including phenoxy) is 2. The van der Waals surface area contributed by atoms with Gasteiger partial charge in [-0.25, -0.2) is 0 Å². The lowest BCUT2D eigenvalue weighted by molar-refractivity contribution is 0.111. The van der Waals surface area contributed by atoms with Crippen LogP contribution in [0, 0.1) is 0 Å². The molecule has 0 aliphatic heterocycles. The maximum atomic E-state index is 11.1. The van der Waals surface area contributed by atoms with Gasteiger partial charge in [0.25, 0.3) is 0 Å². The van der Waals surface area contributed by atoms with Gasteiger partial charge in [0.05, 0.1) is 13.2 Å². The number of halogens is 1. The highest BCUT2D eigenvalue weighted by molar-refractivity contribution is 9.09. The van der Waals surface area contributed by atoms with Crippen molar-refractivity contribution < 1.29 is 29.3 Å². The van der Waals surface area contributed by atoms with Crippen molar-refractivity contribution in [3.8, 4) is 23.0 Å². The molecule has 2 N–H and O–H groups in total. The number of rotatable bonds is 15. The molecular formula is C41H43BrO6. The second-order valence-corrected chi connectivity index (χ2v) is 11.6. The third-order valence-electron chi connectivity index (χ3n) is 7.10. The van der Waals surface area contributed by atoms with Crippen LogP contribution in [0.25, 0.3) is 0 Å². The maximum absolute atomic E-state index is 11.1. The topological polar surface area (TPSA) is 93.1 Å². The van der Waals surface area contributed by atoms with Crippen LogP contribution >= 0.6 is 15.9 Å². The van der Waals surface area contributed by atoms with E-state index in [0.29, 0.717) is 42.1 Å². The molecule has 0 aliphatic rings. The minimum atomic E-state index is -0.274. The molecule has 0 heterocycles. The van der Waals surface area contributed by atoms with E-state index in [1.807, 2.05) is 30.3 Å². The van der Waals surface area contributed by atoms with Crippen molar-refractivity contribution in [3.63, 3.8) is 0 Å². The molecule has 0 radical (unpaired) electrons. The van der Waals surface area contributed by atoms with Crippen molar-refractivity contribution >= 4 is 28.5 Å². The van der Waals surface area contributed by atoms with Crippen LogP contribution in [0.15, 0.2) is 127 Å². The molecular weight excluding hydrogens is 668 g/mol. The summed E-state index contributed by atoms with van der Waals surface area (Å²) < 4.78 is 11.9. The number of hydrogen-bond donors (Lipinski definition) is 2. The molecule has 48 heavy (non-hydrogen) atoms. The first-order chi connectivity index (χ1) is 23.5. The van der Waals surface area contributed by atoms with Crippen molar-refractivity contribution in [2.45, 2.75) is 38.5 Å². The Kier molecular flexibility index (Phi) is 17.7. The van der Waals surface area contributed by atoms with Gasteiger partial charge in [-0.05, 0) is 91.6 Å². The third kappa shape index (κ3) is 14.7. The van der Waals surface area contributed by atoms with Gasteiger partial charge < -0.3 is 19.7 Å². The fraction of sp³-hybridized carbons (Fsp3) is 0.220. The van der Waals surface area contributed by atoms with Gasteiger partial charge >= 0.3 is 0 Å². The van der Waals surface area contributed by atoms with Gasteiger partial charge in [0.2, 0.25) is 0 Å². The molecule has 5 aromatic carbocycles. The summed E-state index contributed by atoms with van der Waals surface area (Å²) in [6.45, 7) is 1.19. The van der Waals surface area contributed by atoms with Crippen LogP contribution in [0.4, 0.5) is 0 Å². The van der Waals surface area contributed by atoms with E-state index in [1.54, 1.807) is 12.1 Å². The summed E-state index contributed by atoms with van der Waals surface area (Å²) in [5, 5.41) is 18.7. The SMILES string of the molecule is BrCCCc1ccccc1.O=Cc1ccc(O)c(O)c1.O=Cc1ccc(OCCCc2ccccc2)c(OCCCc2ccccc2)c1. The normalized spacial score (nSPS) is 10.0. The van der Waals surface area contributed by atoms with Crippen LogP contribution in [-0.2, 0) is 19.3 Å². The Balaban J connectivity index is 0.000000253. The molecule has 0 fully saturated rings. The summed E-state index contributed by atoms with van der Waals surface area (Å²) in [6.07, 6.45) is 7.60. The molecule has 0 amide bonds. The number of carbonyl (C=O) groups is 2. The van der Waals surface area contributed by atoms with E-state index in [9.17, 15) is 9.59 Å². The quantitative estimate of drug-likeness (QED) is 0.0487. The number of alkyl halides is 1. The molecule has 5 aromatic rings. The number of aromatic hydroxyl groups is 2. The summed E-state index contributed by atoms with van der Waals surface area (Å²) in [7, 11) is 0. The largest absolute Gasteiger partial charge is 0.504 e. The van der Waals surface area contributed by atoms with E-state index < -0.39 is 0 Å². The molecule has 5 rings (SSSR count). The lowest BCUT2D eigenvalue weighted by Gasteiger charge is -2.13. The highest BCUT2D eigenvalue weighted by Gasteiger charge is 2.07. The zero-order valence-corrected chi connectivity index (χ0v) is 28.6. The minimum absolute atomic E-state index is 0.217. The van der Waals surface area contributed by atoms with Crippen LogP contribution in [0.2, 0.25) is 0 Å². The van der Waals surface area contributed by atoms with E-state index in [0.717, 1.165) is 37.3 Å². The van der Waals surface area contributed by atoms with Crippen molar-refractivity contribution in [1.82, 2.24) is 0 Å². The zero-order chi connectivity index (χ0) is 34.2. The first kappa shape index (κ1) is 37.6. The summed E-state index contributed by atoms with van der Waals surface area (Å²) in [4.78, 5) is 21.2. The molecule has 0 unspecified atom stereocenters. The Hall–Kier alpha value is -4.88. The number of aldehydes is 2. The van der Waals surface area contributed by atoms with Crippen LogP contribution in [0.3, 0.4) is 0 Å². The molecule has 0 bridgehead atoms. The average molecular weight is 712 g/mol. The lowest BCUT2D eigenvalue weighted by Crippen LogP contribution is -2.04. The van der Waals surface area contributed by atoms with Gasteiger partial charge in [-0.2, -0.15) is 0 Å². The summed E-state index contributed by atoms with van der Waals surface area (Å²) in [5.41, 5.74) is 4.97. The third-order valence-corrected chi connectivity index (χ3v) is 7.66. The monoisotopic (exact) mass is 710 g/mol. The van der Waals surface area contributed by atoms with E-state index >= 15 is 0 Å². The fourth-order valence-electron chi connectivity index (χ4n) is 4.57. The number of phenols is 2. The highest BCUT2D eigenvalue weighted by Crippen LogP contribution is 2.29. The van der Waals surface area contributed by atoms with Crippen molar-refractivity contribution in [1.29, 1.82) is 0 Å². The van der Waals surface area contributed by atoms with Crippen molar-refractivity contribution in [2.24, 2.45) is 0 Å². The molecule has 0 saturated heterocycles. The smallest absolute Gasteiger partial charge is 0.161 e. The molecule has 6 nitrogen and oxygen atoms in total. The van der Waals surface area contributed by atoms with E-state index in [-0.39, 0.29) is 11.5 Å². The molecule has 0 atom stereocenters. The van der Waals surface area contributed by atoms with Gasteiger partial charge in [-0.15, -0.1) is 0 Å². The molecule has 0 aliphatic carbocycles. The molecule has 0 aromatic heterocycles. The van der Waals surface area contributed by atoms with Crippen molar-refractivity contribution in [3.05, 3.63) is 155 Å². The van der Waals surface area contributed by atoms with Gasteiger partial charge in [-0.3, -0.25) is 9.59 Å². The Bertz CT molecular complexity index is 1610. The minimum Gasteiger partial charge on any atom is -0.504 e. The number of hydrogen-bond acceptors (Lipinski definition) is 6. The van der Waals surface area contributed by atoms with Crippen LogP contribution in [0.5, 0.6) is 23.0 Å². The second kappa shape index (κ2) is 22.6. The van der Waals surface area contributed by atoms with Crippen LogP contribution < -0.4 is 9.47 Å². The predicted octanol–water partition coefficient (Wildman–Crippen LogP) is 9.45. The molecule has 250 valence electrons. The molecule has 7 heteroatoms. The summed E-state index contributed by atoms with van der Waals surface area (Å²) >= 11 is 3.41. The van der Waals surface area contributed by atoms with Gasteiger partial charge in [0.15, 0.2) is 23.0 Å². The number of benzene rings is 5. The zero-order valence-electron chi connectivity index (χ0n) is 27.0. The summed E-state index contributed by atoms with van der Waals surface area (Å²) in [5.74, 6) is 0.839. The van der Waals surface area contributed by atoms with Crippen LogP contribution in [-0.4, -0.2) is 41.3 Å². The Labute approximate surface area is 292 Å². The van der Waals surface area contributed by atoms with Gasteiger partial charge in [-0.1, -0.05) is 107 Å².